The molecule has 0 radical (unpaired) electrons. The van der Waals surface area contributed by atoms with E-state index in [4.69, 9.17) is 16.0 Å². The zero-order valence-electron chi connectivity index (χ0n) is 9.61. The molecule has 2 rings (SSSR count). The lowest BCUT2D eigenvalue weighted by Gasteiger charge is -1.97. The van der Waals surface area contributed by atoms with Crippen molar-refractivity contribution in [1.82, 2.24) is 15.5 Å². The lowest BCUT2D eigenvalue weighted by molar-refractivity contribution is 0.477. The summed E-state index contributed by atoms with van der Waals surface area (Å²) in [4.78, 5) is 0. The van der Waals surface area contributed by atoms with Crippen molar-refractivity contribution in [2.45, 2.75) is 19.9 Å². The number of nitrogens with zero attached hydrogens (tertiary/aromatic N) is 2. The van der Waals surface area contributed by atoms with Gasteiger partial charge in [-0.3, -0.25) is 0 Å². The summed E-state index contributed by atoms with van der Waals surface area (Å²) in [5, 5.41) is 11.8. The smallest absolute Gasteiger partial charge is 0.247 e. The molecule has 0 saturated heterocycles. The number of hydrogen-bond acceptors (Lipinski definition) is 4. The van der Waals surface area contributed by atoms with Gasteiger partial charge in [0.05, 0.1) is 6.54 Å². The summed E-state index contributed by atoms with van der Waals surface area (Å²) in [6.07, 6.45) is 1.08. The van der Waals surface area contributed by atoms with Gasteiger partial charge in [-0.2, -0.15) is 0 Å². The Morgan fingerprint density at radius 1 is 1.35 bits per heavy atom. The van der Waals surface area contributed by atoms with E-state index in [0.717, 1.165) is 18.5 Å². The minimum Gasteiger partial charge on any atom is -0.419 e. The van der Waals surface area contributed by atoms with Gasteiger partial charge in [0.1, 0.15) is 0 Å². The van der Waals surface area contributed by atoms with Gasteiger partial charge in [0.2, 0.25) is 11.8 Å². The zero-order valence-corrected chi connectivity index (χ0v) is 10.4. The van der Waals surface area contributed by atoms with Gasteiger partial charge in [-0.05, 0) is 31.2 Å². The molecular weight excluding hydrogens is 238 g/mol. The fourth-order valence-corrected chi connectivity index (χ4v) is 1.63. The van der Waals surface area contributed by atoms with Crippen molar-refractivity contribution in [3.05, 3.63) is 35.2 Å². The van der Waals surface area contributed by atoms with E-state index < -0.39 is 0 Å². The van der Waals surface area contributed by atoms with Crippen LogP contribution >= 0.6 is 11.6 Å². The van der Waals surface area contributed by atoms with Gasteiger partial charge in [0.15, 0.2) is 0 Å². The van der Waals surface area contributed by atoms with Crippen LogP contribution in [-0.4, -0.2) is 16.7 Å². The fraction of sp³-hybridized carbons (Fsp3) is 0.333. The Balaban J connectivity index is 2.07. The van der Waals surface area contributed by atoms with E-state index in [1.165, 1.54) is 0 Å². The molecule has 0 amide bonds. The van der Waals surface area contributed by atoms with E-state index in [1.807, 2.05) is 18.2 Å². The summed E-state index contributed by atoms with van der Waals surface area (Å²) in [6, 6.07) is 7.36. The van der Waals surface area contributed by atoms with Crippen LogP contribution in [0.25, 0.3) is 11.5 Å². The predicted octanol–water partition coefficient (Wildman–Crippen LogP) is 2.89. The molecule has 5 heteroatoms. The van der Waals surface area contributed by atoms with Crippen LogP contribution < -0.4 is 5.32 Å². The fourth-order valence-electron chi connectivity index (χ4n) is 1.44. The molecule has 0 aliphatic carbocycles. The van der Waals surface area contributed by atoms with Crippen molar-refractivity contribution in [2.24, 2.45) is 0 Å². The van der Waals surface area contributed by atoms with Crippen molar-refractivity contribution in [3.8, 4) is 11.5 Å². The van der Waals surface area contributed by atoms with E-state index in [1.54, 1.807) is 6.07 Å². The second-order valence-electron chi connectivity index (χ2n) is 3.69. The van der Waals surface area contributed by atoms with Crippen LogP contribution in [-0.2, 0) is 6.54 Å². The third kappa shape index (κ3) is 3.28. The highest BCUT2D eigenvalue weighted by Crippen LogP contribution is 2.21. The first-order valence-corrected chi connectivity index (χ1v) is 5.96. The van der Waals surface area contributed by atoms with Gasteiger partial charge in [0.25, 0.3) is 0 Å². The van der Waals surface area contributed by atoms with Gasteiger partial charge < -0.3 is 9.73 Å². The van der Waals surface area contributed by atoms with Crippen LogP contribution in [0.1, 0.15) is 19.2 Å². The van der Waals surface area contributed by atoms with Crippen LogP contribution in [0.5, 0.6) is 0 Å². The Labute approximate surface area is 105 Å². The second-order valence-corrected chi connectivity index (χ2v) is 4.12. The largest absolute Gasteiger partial charge is 0.419 e. The lowest BCUT2D eigenvalue weighted by atomic mass is 10.2. The normalized spacial score (nSPS) is 10.7. The first-order valence-electron chi connectivity index (χ1n) is 5.58. The number of aromatic nitrogens is 2. The Morgan fingerprint density at radius 2 is 2.24 bits per heavy atom. The van der Waals surface area contributed by atoms with Gasteiger partial charge in [0, 0.05) is 10.6 Å². The summed E-state index contributed by atoms with van der Waals surface area (Å²) in [5.41, 5.74) is 0.840. The summed E-state index contributed by atoms with van der Waals surface area (Å²) in [5.74, 6) is 1.09. The SMILES string of the molecule is CCCNCc1nnc(-c2cccc(Cl)c2)o1. The molecule has 1 heterocycles. The predicted molar refractivity (Wildman–Crippen MR) is 66.7 cm³/mol. The van der Waals surface area contributed by atoms with Crippen molar-refractivity contribution in [3.63, 3.8) is 0 Å². The Kier molecular flexibility index (Phi) is 4.12. The molecule has 0 aliphatic rings. The lowest BCUT2D eigenvalue weighted by Crippen LogP contribution is -2.13. The van der Waals surface area contributed by atoms with E-state index >= 15 is 0 Å². The number of nitrogens with one attached hydrogen (secondary N) is 1. The molecular formula is C12H14ClN3O. The summed E-state index contributed by atoms with van der Waals surface area (Å²) >= 11 is 5.90. The summed E-state index contributed by atoms with van der Waals surface area (Å²) in [6.45, 7) is 3.65. The van der Waals surface area contributed by atoms with Crippen molar-refractivity contribution in [2.75, 3.05) is 6.54 Å². The monoisotopic (exact) mass is 251 g/mol. The number of benzene rings is 1. The Morgan fingerprint density at radius 3 is 3.00 bits per heavy atom. The topological polar surface area (TPSA) is 51.0 Å². The van der Waals surface area contributed by atoms with E-state index in [-0.39, 0.29) is 0 Å². The molecule has 0 saturated carbocycles. The standard InChI is InChI=1S/C12H14ClN3O/c1-2-6-14-8-11-15-16-12(17-11)9-4-3-5-10(13)7-9/h3-5,7,14H,2,6,8H2,1H3. The maximum absolute atomic E-state index is 5.90. The molecule has 90 valence electrons. The Hall–Kier alpha value is -1.39. The molecule has 1 aromatic carbocycles. The molecule has 2 aromatic rings. The highest BCUT2D eigenvalue weighted by atomic mass is 35.5. The highest BCUT2D eigenvalue weighted by Gasteiger charge is 2.08. The van der Waals surface area contributed by atoms with Crippen LogP contribution in [0.2, 0.25) is 5.02 Å². The summed E-state index contributed by atoms with van der Waals surface area (Å²) in [7, 11) is 0. The van der Waals surface area contributed by atoms with Crippen LogP contribution in [0, 0.1) is 0 Å². The van der Waals surface area contributed by atoms with E-state index in [9.17, 15) is 0 Å². The van der Waals surface area contributed by atoms with Gasteiger partial charge in [-0.25, -0.2) is 0 Å². The zero-order chi connectivity index (χ0) is 12.1. The summed E-state index contributed by atoms with van der Waals surface area (Å²) < 4.78 is 5.53. The average molecular weight is 252 g/mol. The molecule has 0 atom stereocenters. The second kappa shape index (κ2) is 5.80. The molecule has 1 N–H and O–H groups in total. The first-order chi connectivity index (χ1) is 8.29. The molecule has 0 bridgehead atoms. The maximum atomic E-state index is 5.90. The molecule has 0 unspecified atom stereocenters. The number of hydrogen-bond donors (Lipinski definition) is 1. The minimum absolute atomic E-state index is 0.501. The van der Waals surface area contributed by atoms with E-state index in [2.05, 4.69) is 22.4 Å². The van der Waals surface area contributed by atoms with Crippen molar-refractivity contribution < 1.29 is 4.42 Å². The van der Waals surface area contributed by atoms with Gasteiger partial charge >= 0.3 is 0 Å². The third-order valence-corrected chi connectivity index (χ3v) is 2.48. The molecule has 0 spiro atoms. The van der Waals surface area contributed by atoms with Gasteiger partial charge in [-0.15, -0.1) is 10.2 Å². The van der Waals surface area contributed by atoms with Gasteiger partial charge in [-0.1, -0.05) is 24.6 Å². The third-order valence-electron chi connectivity index (χ3n) is 2.24. The quantitative estimate of drug-likeness (QED) is 0.831. The molecule has 1 aromatic heterocycles. The Bertz CT molecular complexity index is 484. The average Bonchev–Trinajstić information content (AvgIpc) is 2.78. The first kappa shape index (κ1) is 12.1. The molecule has 4 nitrogen and oxygen atoms in total. The highest BCUT2D eigenvalue weighted by molar-refractivity contribution is 6.30. The van der Waals surface area contributed by atoms with Crippen LogP contribution in [0.3, 0.4) is 0 Å². The minimum atomic E-state index is 0.501. The van der Waals surface area contributed by atoms with Crippen molar-refractivity contribution >= 4 is 11.6 Å². The molecule has 0 aliphatic heterocycles. The number of halogens is 1. The number of rotatable bonds is 5. The van der Waals surface area contributed by atoms with Crippen LogP contribution in [0.15, 0.2) is 28.7 Å². The molecule has 0 fully saturated rings. The van der Waals surface area contributed by atoms with Crippen LogP contribution in [0.4, 0.5) is 0 Å². The van der Waals surface area contributed by atoms with Crippen molar-refractivity contribution in [1.29, 1.82) is 0 Å². The maximum Gasteiger partial charge on any atom is 0.247 e. The molecule has 17 heavy (non-hydrogen) atoms. The van der Waals surface area contributed by atoms with E-state index in [0.29, 0.717) is 23.3 Å².